The van der Waals surface area contributed by atoms with Gasteiger partial charge in [0.25, 0.3) is 11.8 Å². The Bertz CT molecular complexity index is 1050. The van der Waals surface area contributed by atoms with Crippen LogP contribution < -0.4 is 20.5 Å². The van der Waals surface area contributed by atoms with Crippen LogP contribution in [-0.2, 0) is 9.59 Å². The Morgan fingerprint density at radius 2 is 1.77 bits per heavy atom. The number of benzene rings is 2. The Balaban J connectivity index is 1.32. The normalized spacial score (nSPS) is 24.4. The van der Waals surface area contributed by atoms with Crippen molar-refractivity contribution in [3.05, 3.63) is 55.8 Å². The molecule has 2 bridgehead atoms. The van der Waals surface area contributed by atoms with E-state index in [0.29, 0.717) is 30.0 Å². The second kappa shape index (κ2) is 8.29. The third-order valence-corrected chi connectivity index (χ3v) is 7.54. The molecule has 2 aromatic rings. The maximum atomic E-state index is 13.7. The molecule has 10 heteroatoms. The molecule has 5 rings (SSSR count). The molecule has 0 aliphatic heterocycles. The predicted molar refractivity (Wildman–Crippen MR) is 122 cm³/mol. The van der Waals surface area contributed by atoms with Crippen LogP contribution in [0.1, 0.15) is 19.3 Å². The molecule has 3 saturated carbocycles. The number of halogens is 4. The first-order valence-corrected chi connectivity index (χ1v) is 11.2. The molecule has 3 aliphatic carbocycles. The van der Waals surface area contributed by atoms with Crippen molar-refractivity contribution in [1.29, 1.82) is 0 Å². The second-order valence-corrected chi connectivity index (χ2v) is 10.0. The van der Waals surface area contributed by atoms with E-state index in [-0.39, 0.29) is 23.3 Å². The first kappa shape index (κ1) is 22.4. The zero-order chi connectivity index (χ0) is 22.4. The first-order valence-electron chi connectivity index (χ1n) is 9.41. The molecule has 164 valence electrons. The summed E-state index contributed by atoms with van der Waals surface area (Å²) in [6.07, 6.45) is 0.732. The Labute approximate surface area is 201 Å². The van der Waals surface area contributed by atoms with Gasteiger partial charge >= 0.3 is 0 Å². The second-order valence-electron chi connectivity index (χ2n) is 8.06. The molecule has 0 saturated heterocycles. The van der Waals surface area contributed by atoms with E-state index < -0.39 is 28.8 Å². The number of carbonyl (C=O) groups excluding carboxylic acids is 2. The minimum absolute atomic E-state index is 0.0364. The van der Waals surface area contributed by atoms with Crippen molar-refractivity contribution in [3.63, 3.8) is 0 Å². The lowest BCUT2D eigenvalue weighted by Crippen LogP contribution is -2.80. The average molecular weight is 579 g/mol. The van der Waals surface area contributed by atoms with Crippen molar-refractivity contribution in [2.75, 3.05) is 6.61 Å². The molecule has 1 unspecified atom stereocenters. The van der Waals surface area contributed by atoms with Gasteiger partial charge in [-0.2, -0.15) is 0 Å². The van der Waals surface area contributed by atoms with Gasteiger partial charge < -0.3 is 20.5 Å². The number of nitrogens with one attached hydrogen (secondary N) is 1. The average Bonchev–Trinajstić information content (AvgIpc) is 2.65. The van der Waals surface area contributed by atoms with Gasteiger partial charge in [-0.15, -0.1) is 0 Å². The summed E-state index contributed by atoms with van der Waals surface area (Å²) in [4.78, 5) is 24.3. The molecule has 1 atom stereocenters. The SMILES string of the molecule is NC(=O)C(Oc1ccc(Cl)c(F)c1)C12CC(NC(=O)COc3ccc(Cl)c(I)c3)(C1)C2. The maximum Gasteiger partial charge on any atom is 0.259 e. The summed E-state index contributed by atoms with van der Waals surface area (Å²) >= 11 is 13.7. The van der Waals surface area contributed by atoms with E-state index in [1.54, 1.807) is 18.2 Å². The van der Waals surface area contributed by atoms with Gasteiger partial charge in [0.15, 0.2) is 12.7 Å². The summed E-state index contributed by atoms with van der Waals surface area (Å²) < 4.78 is 25.7. The molecule has 2 amide bonds. The molecular formula is C21H18Cl2FIN2O4. The molecular weight excluding hydrogens is 561 g/mol. The number of ether oxygens (including phenoxy) is 2. The number of carbonyl (C=O) groups is 2. The summed E-state index contributed by atoms with van der Waals surface area (Å²) in [6, 6.07) is 9.12. The molecule has 0 aromatic heterocycles. The van der Waals surface area contributed by atoms with Gasteiger partial charge in [-0.1, -0.05) is 23.2 Å². The highest BCUT2D eigenvalue weighted by atomic mass is 127. The van der Waals surface area contributed by atoms with E-state index in [1.807, 2.05) is 0 Å². The van der Waals surface area contributed by atoms with E-state index in [9.17, 15) is 14.0 Å². The third kappa shape index (κ3) is 4.42. The van der Waals surface area contributed by atoms with Gasteiger partial charge in [-0.05, 0) is 72.2 Å². The highest BCUT2D eigenvalue weighted by Crippen LogP contribution is 2.69. The van der Waals surface area contributed by atoms with Crippen molar-refractivity contribution in [2.24, 2.45) is 11.1 Å². The summed E-state index contributed by atoms with van der Waals surface area (Å²) in [7, 11) is 0. The van der Waals surface area contributed by atoms with Gasteiger partial charge in [0, 0.05) is 20.6 Å². The minimum atomic E-state index is -0.917. The fourth-order valence-electron chi connectivity index (χ4n) is 4.50. The lowest BCUT2D eigenvalue weighted by Gasteiger charge is -2.71. The Morgan fingerprint density at radius 3 is 2.39 bits per heavy atom. The number of primary amides is 1. The van der Waals surface area contributed by atoms with Crippen LogP contribution in [0, 0.1) is 14.8 Å². The van der Waals surface area contributed by atoms with Crippen LogP contribution in [0.4, 0.5) is 4.39 Å². The summed E-state index contributed by atoms with van der Waals surface area (Å²) in [5.74, 6) is -0.792. The van der Waals surface area contributed by atoms with Gasteiger partial charge in [-0.25, -0.2) is 4.39 Å². The Kier molecular flexibility index (Phi) is 5.99. The van der Waals surface area contributed by atoms with Crippen molar-refractivity contribution in [2.45, 2.75) is 30.9 Å². The van der Waals surface area contributed by atoms with Crippen molar-refractivity contribution in [1.82, 2.24) is 5.32 Å². The smallest absolute Gasteiger partial charge is 0.259 e. The topological polar surface area (TPSA) is 90.7 Å². The van der Waals surface area contributed by atoms with Crippen molar-refractivity contribution >= 4 is 57.6 Å². The van der Waals surface area contributed by atoms with Gasteiger partial charge in [-0.3, -0.25) is 9.59 Å². The highest BCUT2D eigenvalue weighted by molar-refractivity contribution is 14.1. The van der Waals surface area contributed by atoms with E-state index in [4.69, 9.17) is 38.4 Å². The van der Waals surface area contributed by atoms with E-state index in [1.165, 1.54) is 12.1 Å². The fraction of sp³-hybridized carbons (Fsp3) is 0.333. The lowest BCUT2D eigenvalue weighted by atomic mass is 9.37. The quantitative estimate of drug-likeness (QED) is 0.462. The standard InChI is InChI=1S/C21H18Cl2FIN2O4/c22-13-3-2-12(5-15(13)24)31-18(19(26)29)20-8-21(9-20,10-20)27-17(28)7-30-11-1-4-14(23)16(25)6-11/h1-6,18H,7-10H2,(H2,26,29)(H,27,28). The molecule has 31 heavy (non-hydrogen) atoms. The van der Waals surface area contributed by atoms with Crippen LogP contribution in [0.2, 0.25) is 10.0 Å². The van der Waals surface area contributed by atoms with Crippen LogP contribution in [-0.4, -0.2) is 30.1 Å². The lowest BCUT2D eigenvalue weighted by molar-refractivity contribution is -0.208. The number of nitrogens with two attached hydrogens (primary N) is 1. The summed E-state index contributed by atoms with van der Waals surface area (Å²) in [5.41, 5.74) is 4.69. The molecule has 2 aromatic carbocycles. The molecule has 6 nitrogen and oxygen atoms in total. The Morgan fingerprint density at radius 1 is 1.13 bits per heavy atom. The summed E-state index contributed by atoms with van der Waals surface area (Å²) in [6.45, 7) is -0.133. The largest absolute Gasteiger partial charge is 0.484 e. The molecule has 0 radical (unpaired) electrons. The molecule has 0 heterocycles. The van der Waals surface area contributed by atoms with E-state index in [2.05, 4.69) is 27.9 Å². The summed E-state index contributed by atoms with van der Waals surface area (Å²) in [5, 5.41) is 3.56. The molecule has 3 N–H and O–H groups in total. The number of hydrogen-bond donors (Lipinski definition) is 2. The van der Waals surface area contributed by atoms with Gasteiger partial charge in [0.05, 0.1) is 10.0 Å². The third-order valence-electron chi connectivity index (χ3n) is 5.70. The Hall–Kier alpha value is -1.78. The fourth-order valence-corrected chi connectivity index (χ4v) is 5.22. The number of rotatable bonds is 8. The van der Waals surface area contributed by atoms with E-state index >= 15 is 0 Å². The monoisotopic (exact) mass is 578 g/mol. The van der Waals surface area contributed by atoms with Crippen LogP contribution in [0.25, 0.3) is 0 Å². The maximum absolute atomic E-state index is 13.7. The zero-order valence-corrected chi connectivity index (χ0v) is 19.8. The number of amides is 2. The van der Waals surface area contributed by atoms with Gasteiger partial charge in [0.1, 0.15) is 17.3 Å². The predicted octanol–water partition coefficient (Wildman–Crippen LogP) is 4.09. The van der Waals surface area contributed by atoms with Crippen LogP contribution in [0.3, 0.4) is 0 Å². The van der Waals surface area contributed by atoms with Crippen molar-refractivity contribution in [3.8, 4) is 11.5 Å². The van der Waals surface area contributed by atoms with E-state index in [0.717, 1.165) is 9.64 Å². The molecule has 3 aliphatic rings. The molecule has 0 spiro atoms. The first-order chi connectivity index (χ1) is 14.6. The van der Waals surface area contributed by atoms with Crippen LogP contribution >= 0.6 is 45.8 Å². The van der Waals surface area contributed by atoms with Crippen LogP contribution in [0.15, 0.2) is 36.4 Å². The highest BCUT2D eigenvalue weighted by Gasteiger charge is 2.73. The number of hydrogen-bond acceptors (Lipinski definition) is 4. The molecule has 3 fully saturated rings. The van der Waals surface area contributed by atoms with Gasteiger partial charge in [0.2, 0.25) is 0 Å². The zero-order valence-electron chi connectivity index (χ0n) is 16.1. The van der Waals surface area contributed by atoms with Crippen molar-refractivity contribution < 1.29 is 23.5 Å². The minimum Gasteiger partial charge on any atom is -0.484 e. The van der Waals surface area contributed by atoms with Crippen LogP contribution in [0.5, 0.6) is 11.5 Å².